The highest BCUT2D eigenvalue weighted by molar-refractivity contribution is 6.18. The van der Waals surface area contributed by atoms with Gasteiger partial charge in [0.25, 0.3) is 0 Å². The van der Waals surface area contributed by atoms with Gasteiger partial charge in [-0.1, -0.05) is 25.1 Å². The second-order valence-electron chi connectivity index (χ2n) is 4.17. The van der Waals surface area contributed by atoms with E-state index in [2.05, 4.69) is 12.2 Å². The van der Waals surface area contributed by atoms with E-state index in [1.165, 1.54) is 6.07 Å². The number of hydrogen-bond acceptors (Lipinski definition) is 1. The maximum Gasteiger partial charge on any atom is 0.127 e. The number of hydrogen-bond donors (Lipinski definition) is 1. The molecule has 0 aromatic heterocycles. The van der Waals surface area contributed by atoms with E-state index >= 15 is 0 Å². The third-order valence-electron chi connectivity index (χ3n) is 2.59. The van der Waals surface area contributed by atoms with Gasteiger partial charge in [-0.2, -0.15) is 0 Å². The molecule has 0 spiro atoms. The lowest BCUT2D eigenvalue weighted by Crippen LogP contribution is -2.16. The van der Waals surface area contributed by atoms with Crippen LogP contribution in [-0.2, 0) is 6.54 Å². The highest BCUT2D eigenvalue weighted by Gasteiger charge is 2.01. The summed E-state index contributed by atoms with van der Waals surface area (Å²) < 4.78 is 13.2. The minimum absolute atomic E-state index is 0.135. The molecule has 90 valence electrons. The van der Waals surface area contributed by atoms with Gasteiger partial charge in [-0.25, -0.2) is 4.39 Å². The molecule has 1 unspecified atom stereocenters. The number of alkyl halides is 1. The first-order valence-corrected chi connectivity index (χ1v) is 6.27. The lowest BCUT2D eigenvalue weighted by atomic mass is 10.1. The highest BCUT2D eigenvalue weighted by Crippen LogP contribution is 2.07. The van der Waals surface area contributed by atoms with E-state index in [4.69, 9.17) is 11.6 Å². The third kappa shape index (κ3) is 4.95. The second kappa shape index (κ2) is 7.64. The van der Waals surface area contributed by atoms with Gasteiger partial charge in [0, 0.05) is 18.0 Å². The molecule has 1 aromatic carbocycles. The Morgan fingerprint density at radius 2 is 2.12 bits per heavy atom. The lowest BCUT2D eigenvalue weighted by Gasteiger charge is -2.08. The van der Waals surface area contributed by atoms with Crippen molar-refractivity contribution >= 4 is 11.6 Å². The molecule has 3 heteroatoms. The van der Waals surface area contributed by atoms with Crippen LogP contribution in [0.15, 0.2) is 24.3 Å². The third-order valence-corrected chi connectivity index (χ3v) is 3.11. The summed E-state index contributed by atoms with van der Waals surface area (Å²) >= 11 is 5.71. The maximum absolute atomic E-state index is 13.2. The molecule has 1 nitrogen and oxygen atoms in total. The fourth-order valence-corrected chi connectivity index (χ4v) is 1.67. The molecule has 0 amide bonds. The molecular weight excluding hydrogens is 225 g/mol. The first-order valence-electron chi connectivity index (χ1n) is 5.74. The fraction of sp³-hybridized carbons (Fsp3) is 0.538. The summed E-state index contributed by atoms with van der Waals surface area (Å²) in [5.41, 5.74) is 0.730. The summed E-state index contributed by atoms with van der Waals surface area (Å²) in [6, 6.07) is 6.87. The number of benzene rings is 1. The Labute approximate surface area is 102 Å². The van der Waals surface area contributed by atoms with E-state index in [-0.39, 0.29) is 5.82 Å². The zero-order valence-corrected chi connectivity index (χ0v) is 10.4. The van der Waals surface area contributed by atoms with Crippen LogP contribution >= 0.6 is 11.6 Å². The van der Waals surface area contributed by atoms with Crippen molar-refractivity contribution in [2.24, 2.45) is 5.92 Å². The van der Waals surface area contributed by atoms with E-state index < -0.39 is 0 Å². The maximum atomic E-state index is 13.2. The molecule has 0 radical (unpaired) electrons. The average molecular weight is 244 g/mol. The van der Waals surface area contributed by atoms with Crippen molar-refractivity contribution in [2.75, 3.05) is 12.4 Å². The van der Waals surface area contributed by atoms with Crippen LogP contribution in [0.4, 0.5) is 4.39 Å². The molecule has 0 aliphatic rings. The predicted octanol–water partition coefficient (Wildman–Crippen LogP) is 3.57. The molecule has 0 bridgehead atoms. The van der Waals surface area contributed by atoms with Crippen LogP contribution in [0.2, 0.25) is 0 Å². The molecule has 0 saturated heterocycles. The molecule has 1 aromatic rings. The normalized spacial score (nSPS) is 12.7. The van der Waals surface area contributed by atoms with Crippen LogP contribution in [0.25, 0.3) is 0 Å². The predicted molar refractivity (Wildman–Crippen MR) is 67.2 cm³/mol. The van der Waals surface area contributed by atoms with E-state index in [9.17, 15) is 4.39 Å². The van der Waals surface area contributed by atoms with Gasteiger partial charge in [0.05, 0.1) is 0 Å². The summed E-state index contributed by atoms with van der Waals surface area (Å²) in [5.74, 6) is 1.15. The van der Waals surface area contributed by atoms with E-state index in [1.807, 2.05) is 12.1 Å². The molecule has 0 heterocycles. The summed E-state index contributed by atoms with van der Waals surface area (Å²) in [5, 5.41) is 3.24. The minimum atomic E-state index is -0.135. The van der Waals surface area contributed by atoms with Crippen molar-refractivity contribution in [3.8, 4) is 0 Å². The molecule has 0 aliphatic carbocycles. The van der Waals surface area contributed by atoms with Crippen molar-refractivity contribution < 1.29 is 4.39 Å². The summed E-state index contributed by atoms with van der Waals surface area (Å²) in [6.07, 6.45) is 2.20. The van der Waals surface area contributed by atoms with Crippen molar-refractivity contribution in [1.29, 1.82) is 0 Å². The molecule has 1 rings (SSSR count). The van der Waals surface area contributed by atoms with Crippen LogP contribution < -0.4 is 5.32 Å². The van der Waals surface area contributed by atoms with Crippen molar-refractivity contribution in [3.05, 3.63) is 35.6 Å². The van der Waals surface area contributed by atoms with Gasteiger partial charge in [0.15, 0.2) is 0 Å². The Kier molecular flexibility index (Phi) is 6.43. The zero-order valence-electron chi connectivity index (χ0n) is 9.68. The standard InChI is InChI=1S/C13H19ClFN/c1-11(9-14)5-4-8-16-10-12-6-2-3-7-13(12)15/h2-3,6-7,11,16H,4-5,8-10H2,1H3. The molecule has 0 aliphatic heterocycles. The zero-order chi connectivity index (χ0) is 11.8. The number of nitrogens with one attached hydrogen (secondary N) is 1. The van der Waals surface area contributed by atoms with Gasteiger partial charge in [0.1, 0.15) is 5.82 Å². The molecule has 1 N–H and O–H groups in total. The molecule has 0 fully saturated rings. The lowest BCUT2D eigenvalue weighted by molar-refractivity contribution is 0.524. The van der Waals surface area contributed by atoms with E-state index in [0.29, 0.717) is 18.3 Å². The largest absolute Gasteiger partial charge is 0.313 e. The van der Waals surface area contributed by atoms with Crippen molar-refractivity contribution in [1.82, 2.24) is 5.32 Å². The Morgan fingerprint density at radius 3 is 2.81 bits per heavy atom. The number of halogens is 2. The Hall–Kier alpha value is -0.600. The summed E-state index contributed by atoms with van der Waals surface area (Å²) in [4.78, 5) is 0. The van der Waals surface area contributed by atoms with Crippen LogP contribution in [0, 0.1) is 11.7 Å². The Morgan fingerprint density at radius 1 is 1.38 bits per heavy atom. The Balaban J connectivity index is 2.14. The van der Waals surface area contributed by atoms with Crippen LogP contribution in [0.1, 0.15) is 25.3 Å². The fourth-order valence-electron chi connectivity index (χ4n) is 1.52. The summed E-state index contributed by atoms with van der Waals surface area (Å²) in [7, 11) is 0. The van der Waals surface area contributed by atoms with E-state index in [0.717, 1.165) is 24.9 Å². The smallest absolute Gasteiger partial charge is 0.127 e. The van der Waals surface area contributed by atoms with Gasteiger partial charge >= 0.3 is 0 Å². The average Bonchev–Trinajstić information content (AvgIpc) is 2.30. The van der Waals surface area contributed by atoms with Crippen molar-refractivity contribution in [3.63, 3.8) is 0 Å². The minimum Gasteiger partial charge on any atom is -0.313 e. The first-order chi connectivity index (χ1) is 7.74. The van der Waals surface area contributed by atoms with Crippen LogP contribution in [0.3, 0.4) is 0 Å². The van der Waals surface area contributed by atoms with Crippen LogP contribution in [0.5, 0.6) is 0 Å². The SMILES string of the molecule is CC(CCl)CCCNCc1ccccc1F. The first kappa shape index (κ1) is 13.5. The quantitative estimate of drug-likeness (QED) is 0.570. The molecule has 1 atom stereocenters. The van der Waals surface area contributed by atoms with Gasteiger partial charge in [-0.3, -0.25) is 0 Å². The van der Waals surface area contributed by atoms with Crippen molar-refractivity contribution in [2.45, 2.75) is 26.3 Å². The molecule has 0 saturated carbocycles. The topological polar surface area (TPSA) is 12.0 Å². The summed E-state index contributed by atoms with van der Waals surface area (Å²) in [6.45, 7) is 3.65. The van der Waals surface area contributed by atoms with Gasteiger partial charge in [-0.15, -0.1) is 11.6 Å². The number of rotatable bonds is 7. The highest BCUT2D eigenvalue weighted by atomic mass is 35.5. The monoisotopic (exact) mass is 243 g/mol. The second-order valence-corrected chi connectivity index (χ2v) is 4.48. The van der Waals surface area contributed by atoms with Gasteiger partial charge in [-0.05, 0) is 31.4 Å². The van der Waals surface area contributed by atoms with E-state index in [1.54, 1.807) is 6.07 Å². The molecule has 16 heavy (non-hydrogen) atoms. The molecular formula is C13H19ClFN. The van der Waals surface area contributed by atoms with Gasteiger partial charge in [0.2, 0.25) is 0 Å². The van der Waals surface area contributed by atoms with Gasteiger partial charge < -0.3 is 5.32 Å². The van der Waals surface area contributed by atoms with Crippen LogP contribution in [-0.4, -0.2) is 12.4 Å². The Bertz CT molecular complexity index is 304.